The van der Waals surface area contributed by atoms with E-state index in [1.807, 2.05) is 6.07 Å². The quantitative estimate of drug-likeness (QED) is 0.731. The van der Waals surface area contributed by atoms with E-state index in [2.05, 4.69) is 26.9 Å². The van der Waals surface area contributed by atoms with Gasteiger partial charge in [0.25, 0.3) is 0 Å². The fourth-order valence-corrected chi connectivity index (χ4v) is 1.62. The predicted molar refractivity (Wildman–Crippen MR) is 43.5 cm³/mol. The van der Waals surface area contributed by atoms with Gasteiger partial charge in [-0.05, 0) is 11.4 Å². The minimum atomic E-state index is 0.883. The zero-order valence-electron chi connectivity index (χ0n) is 5.82. The molecule has 0 saturated carbocycles. The van der Waals surface area contributed by atoms with Crippen LogP contribution in [0, 0.1) is 0 Å². The number of aromatic nitrogens is 3. The van der Waals surface area contributed by atoms with Crippen molar-refractivity contribution in [3.63, 3.8) is 0 Å². The standard InChI is InChI=1S/C7H7N3S/c1-2-7(11-3-1)4-6-5-8-10-9-6/h1-3,5H,4H2,(H,8,9,10). The largest absolute Gasteiger partial charge is 0.198 e. The topological polar surface area (TPSA) is 41.6 Å². The molecular formula is C7H7N3S. The first-order valence-electron chi connectivity index (χ1n) is 3.32. The Kier molecular flexibility index (Phi) is 1.69. The van der Waals surface area contributed by atoms with Crippen molar-refractivity contribution >= 4 is 11.3 Å². The minimum Gasteiger partial charge on any atom is -0.198 e. The van der Waals surface area contributed by atoms with E-state index in [9.17, 15) is 0 Å². The molecule has 3 nitrogen and oxygen atoms in total. The molecule has 0 aliphatic heterocycles. The fraction of sp³-hybridized carbons (Fsp3) is 0.143. The lowest BCUT2D eigenvalue weighted by atomic mass is 10.3. The van der Waals surface area contributed by atoms with Crippen molar-refractivity contribution in [2.24, 2.45) is 0 Å². The Hall–Kier alpha value is -1.16. The van der Waals surface area contributed by atoms with Gasteiger partial charge in [0.1, 0.15) is 0 Å². The van der Waals surface area contributed by atoms with Crippen molar-refractivity contribution in [2.45, 2.75) is 6.42 Å². The van der Waals surface area contributed by atoms with Gasteiger partial charge in [-0.2, -0.15) is 15.4 Å². The second-order valence-electron chi connectivity index (χ2n) is 2.22. The zero-order valence-corrected chi connectivity index (χ0v) is 6.64. The maximum Gasteiger partial charge on any atom is 0.0876 e. The molecule has 2 aromatic rings. The minimum absolute atomic E-state index is 0.883. The summed E-state index contributed by atoms with van der Waals surface area (Å²) >= 11 is 1.74. The van der Waals surface area contributed by atoms with Crippen molar-refractivity contribution in [3.8, 4) is 0 Å². The highest BCUT2D eigenvalue weighted by Crippen LogP contribution is 2.11. The van der Waals surface area contributed by atoms with Crippen LogP contribution < -0.4 is 0 Å². The number of aromatic amines is 1. The summed E-state index contributed by atoms with van der Waals surface area (Å²) in [5.41, 5.74) is 0.993. The maximum absolute atomic E-state index is 3.96. The SMILES string of the molecule is c1csc(Cc2cn[nH]n2)c1. The van der Waals surface area contributed by atoms with Gasteiger partial charge in [0.15, 0.2) is 0 Å². The van der Waals surface area contributed by atoms with Gasteiger partial charge in [-0.3, -0.25) is 0 Å². The molecule has 2 rings (SSSR count). The van der Waals surface area contributed by atoms with E-state index in [1.54, 1.807) is 17.5 Å². The lowest BCUT2D eigenvalue weighted by Crippen LogP contribution is -1.83. The van der Waals surface area contributed by atoms with Gasteiger partial charge in [-0.25, -0.2) is 0 Å². The molecule has 0 bridgehead atoms. The van der Waals surface area contributed by atoms with Gasteiger partial charge < -0.3 is 0 Å². The van der Waals surface area contributed by atoms with Crippen molar-refractivity contribution in [1.29, 1.82) is 0 Å². The van der Waals surface area contributed by atoms with Gasteiger partial charge in [0.2, 0.25) is 0 Å². The zero-order chi connectivity index (χ0) is 7.52. The molecule has 56 valence electrons. The highest BCUT2D eigenvalue weighted by Gasteiger charge is 1.97. The first kappa shape index (κ1) is 6.54. The maximum atomic E-state index is 3.96. The first-order chi connectivity index (χ1) is 5.45. The highest BCUT2D eigenvalue weighted by molar-refractivity contribution is 7.09. The normalized spacial score (nSPS) is 10.2. The van der Waals surface area contributed by atoms with E-state index in [1.165, 1.54) is 4.88 Å². The molecule has 4 heteroatoms. The van der Waals surface area contributed by atoms with Gasteiger partial charge >= 0.3 is 0 Å². The molecule has 0 aromatic carbocycles. The van der Waals surface area contributed by atoms with E-state index in [-0.39, 0.29) is 0 Å². The van der Waals surface area contributed by atoms with Crippen LogP contribution >= 0.6 is 11.3 Å². The molecule has 0 spiro atoms. The molecule has 0 saturated heterocycles. The van der Waals surface area contributed by atoms with Crippen molar-refractivity contribution in [1.82, 2.24) is 15.4 Å². The van der Waals surface area contributed by atoms with Gasteiger partial charge in [0, 0.05) is 11.3 Å². The third-order valence-corrected chi connectivity index (χ3v) is 2.28. The Morgan fingerprint density at radius 2 is 2.55 bits per heavy atom. The van der Waals surface area contributed by atoms with Gasteiger partial charge in [-0.1, -0.05) is 6.07 Å². The predicted octanol–water partition coefficient (Wildman–Crippen LogP) is 1.46. The van der Waals surface area contributed by atoms with Crippen LogP contribution in [0.25, 0.3) is 0 Å². The number of thiophene rings is 1. The summed E-state index contributed by atoms with van der Waals surface area (Å²) in [6.07, 6.45) is 2.63. The van der Waals surface area contributed by atoms with Crippen LogP contribution in [0.5, 0.6) is 0 Å². The molecular weight excluding hydrogens is 158 g/mol. The second-order valence-corrected chi connectivity index (χ2v) is 3.25. The number of hydrogen-bond donors (Lipinski definition) is 1. The Morgan fingerprint density at radius 1 is 1.55 bits per heavy atom. The number of hydrogen-bond acceptors (Lipinski definition) is 3. The van der Waals surface area contributed by atoms with Crippen LogP contribution in [0.1, 0.15) is 10.6 Å². The van der Waals surface area contributed by atoms with Crippen molar-refractivity contribution in [2.75, 3.05) is 0 Å². The van der Waals surface area contributed by atoms with E-state index in [4.69, 9.17) is 0 Å². The lowest BCUT2D eigenvalue weighted by Gasteiger charge is -1.87. The molecule has 0 unspecified atom stereocenters. The van der Waals surface area contributed by atoms with Crippen LogP contribution in [0.2, 0.25) is 0 Å². The van der Waals surface area contributed by atoms with Crippen LogP contribution in [-0.4, -0.2) is 15.4 Å². The molecule has 2 aromatic heterocycles. The Labute approximate surface area is 68.1 Å². The molecule has 0 amide bonds. The molecule has 1 N–H and O–H groups in total. The molecule has 0 fully saturated rings. The summed E-state index contributed by atoms with van der Waals surface area (Å²) in [5.74, 6) is 0. The van der Waals surface area contributed by atoms with E-state index in [0.29, 0.717) is 0 Å². The second kappa shape index (κ2) is 2.84. The smallest absolute Gasteiger partial charge is 0.0876 e. The third-order valence-electron chi connectivity index (χ3n) is 1.40. The Morgan fingerprint density at radius 3 is 3.18 bits per heavy atom. The molecule has 0 aliphatic carbocycles. The molecule has 11 heavy (non-hydrogen) atoms. The molecule has 0 aliphatic rings. The van der Waals surface area contributed by atoms with E-state index in [0.717, 1.165) is 12.1 Å². The number of H-pyrrole nitrogens is 1. The molecule has 0 atom stereocenters. The van der Waals surface area contributed by atoms with Crippen LogP contribution in [0.3, 0.4) is 0 Å². The summed E-state index contributed by atoms with van der Waals surface area (Å²) in [6.45, 7) is 0. The van der Waals surface area contributed by atoms with Gasteiger partial charge in [-0.15, -0.1) is 11.3 Å². The summed E-state index contributed by atoms with van der Waals surface area (Å²) in [7, 11) is 0. The van der Waals surface area contributed by atoms with Crippen LogP contribution in [0.4, 0.5) is 0 Å². The summed E-state index contributed by atoms with van der Waals surface area (Å²) < 4.78 is 0. The van der Waals surface area contributed by atoms with Gasteiger partial charge in [0.05, 0.1) is 11.9 Å². The first-order valence-corrected chi connectivity index (χ1v) is 4.20. The van der Waals surface area contributed by atoms with Crippen molar-refractivity contribution < 1.29 is 0 Å². The fourth-order valence-electron chi connectivity index (χ4n) is 0.902. The number of nitrogens with zero attached hydrogens (tertiary/aromatic N) is 2. The van der Waals surface area contributed by atoms with Crippen LogP contribution in [0.15, 0.2) is 23.7 Å². The Bertz CT molecular complexity index is 266. The van der Waals surface area contributed by atoms with E-state index < -0.39 is 0 Å². The average molecular weight is 165 g/mol. The third kappa shape index (κ3) is 1.46. The highest BCUT2D eigenvalue weighted by atomic mass is 32.1. The summed E-state index contributed by atoms with van der Waals surface area (Å²) in [5, 5.41) is 12.3. The lowest BCUT2D eigenvalue weighted by molar-refractivity contribution is 0.917. The Balaban J connectivity index is 2.14. The number of nitrogens with one attached hydrogen (secondary N) is 1. The molecule has 0 radical (unpaired) electrons. The summed E-state index contributed by atoms with van der Waals surface area (Å²) in [4.78, 5) is 1.32. The average Bonchev–Trinajstić information content (AvgIpc) is 2.60. The number of rotatable bonds is 2. The van der Waals surface area contributed by atoms with E-state index >= 15 is 0 Å². The molecule has 2 heterocycles. The monoisotopic (exact) mass is 165 g/mol. The van der Waals surface area contributed by atoms with Crippen molar-refractivity contribution in [3.05, 3.63) is 34.3 Å². The van der Waals surface area contributed by atoms with Crippen LogP contribution in [-0.2, 0) is 6.42 Å². The summed E-state index contributed by atoms with van der Waals surface area (Å²) in [6, 6.07) is 4.14.